The van der Waals surface area contributed by atoms with Crippen molar-refractivity contribution in [3.05, 3.63) is 76.9 Å². The first-order chi connectivity index (χ1) is 14.2. The topological polar surface area (TPSA) is 150 Å². The number of nitrogens with two attached hydrogens (primary N) is 1. The number of hydrogen-bond donors (Lipinski definition) is 3. The summed E-state index contributed by atoms with van der Waals surface area (Å²) in [5.74, 6) is -0.939. The van der Waals surface area contributed by atoms with E-state index in [0.29, 0.717) is 0 Å². The Morgan fingerprint density at radius 2 is 1.55 bits per heavy atom. The summed E-state index contributed by atoms with van der Waals surface area (Å²) in [5.41, 5.74) is 6.59. The number of hydrogen-bond acceptors (Lipinski definition) is 8. The SMILES string of the molecule is Nc1c(S[O-])cc(Nc2cccc(S(=O)(=O)O)c2)c2c1C(=O)c1ccccc1C2=O.[Na+]. The largest absolute Gasteiger partial charge is 1.00 e. The van der Waals surface area contributed by atoms with Crippen LogP contribution in [0.5, 0.6) is 0 Å². The van der Waals surface area contributed by atoms with Crippen molar-refractivity contribution >= 4 is 50.8 Å². The van der Waals surface area contributed by atoms with Crippen LogP contribution >= 0.6 is 12.0 Å². The molecule has 1 aliphatic carbocycles. The van der Waals surface area contributed by atoms with E-state index in [-0.39, 0.29) is 90.7 Å². The van der Waals surface area contributed by atoms with Crippen LogP contribution < -0.4 is 40.6 Å². The van der Waals surface area contributed by atoms with Gasteiger partial charge in [0.05, 0.1) is 27.4 Å². The minimum atomic E-state index is -4.45. The molecule has 4 N–H and O–H groups in total. The van der Waals surface area contributed by atoms with E-state index in [1.807, 2.05) is 0 Å². The molecule has 0 radical (unpaired) electrons. The molecule has 0 fully saturated rings. The third kappa shape index (κ3) is 4.15. The van der Waals surface area contributed by atoms with E-state index in [2.05, 4.69) is 5.32 Å². The van der Waals surface area contributed by atoms with Crippen LogP contribution in [0.2, 0.25) is 0 Å². The van der Waals surface area contributed by atoms with Crippen LogP contribution in [0.4, 0.5) is 17.1 Å². The van der Waals surface area contributed by atoms with Gasteiger partial charge >= 0.3 is 29.6 Å². The van der Waals surface area contributed by atoms with Crippen LogP contribution in [0.15, 0.2) is 64.4 Å². The summed E-state index contributed by atoms with van der Waals surface area (Å²) in [6.45, 7) is 0. The summed E-state index contributed by atoms with van der Waals surface area (Å²) >= 11 is 0.0705. The summed E-state index contributed by atoms with van der Waals surface area (Å²) in [6, 6.07) is 12.9. The Hall–Kier alpha value is -2.18. The van der Waals surface area contributed by atoms with Crippen LogP contribution in [0.25, 0.3) is 0 Å². The number of anilines is 3. The molecule has 0 aromatic heterocycles. The second-order valence-electron chi connectivity index (χ2n) is 6.50. The summed E-state index contributed by atoms with van der Waals surface area (Å²) in [6.07, 6.45) is 0. The molecule has 8 nitrogen and oxygen atoms in total. The number of carbonyl (C=O) groups excluding carboxylic acids is 2. The number of nitrogen functional groups attached to an aromatic ring is 1. The van der Waals surface area contributed by atoms with Crippen molar-refractivity contribution in [3.63, 3.8) is 0 Å². The van der Waals surface area contributed by atoms with Gasteiger partial charge in [-0.25, -0.2) is 12.0 Å². The molecule has 0 heterocycles. The monoisotopic (exact) mass is 464 g/mol. The van der Waals surface area contributed by atoms with Crippen molar-refractivity contribution in [1.82, 2.24) is 0 Å². The van der Waals surface area contributed by atoms with E-state index in [1.54, 1.807) is 12.1 Å². The Labute approximate surface area is 204 Å². The van der Waals surface area contributed by atoms with Gasteiger partial charge in [-0.1, -0.05) is 30.3 Å². The maximum atomic E-state index is 13.2. The van der Waals surface area contributed by atoms with Crippen molar-refractivity contribution in [3.8, 4) is 0 Å². The van der Waals surface area contributed by atoms with E-state index >= 15 is 0 Å². The van der Waals surface area contributed by atoms with Gasteiger partial charge in [0.15, 0.2) is 11.6 Å². The van der Waals surface area contributed by atoms with Crippen LogP contribution in [-0.4, -0.2) is 29.1 Å². The minimum Gasteiger partial charge on any atom is -0.795 e. The number of carbonyl (C=O) groups is 2. The van der Waals surface area contributed by atoms with Crippen molar-refractivity contribution in [1.29, 1.82) is 0 Å². The average Bonchev–Trinajstić information content (AvgIpc) is 2.72. The van der Waals surface area contributed by atoms with Gasteiger partial charge in [0.25, 0.3) is 10.1 Å². The van der Waals surface area contributed by atoms with Gasteiger partial charge in [0.1, 0.15) is 0 Å². The van der Waals surface area contributed by atoms with Gasteiger partial charge in [-0.05, 0) is 24.3 Å². The van der Waals surface area contributed by atoms with E-state index in [1.165, 1.54) is 36.4 Å². The summed E-state index contributed by atoms with van der Waals surface area (Å²) in [7, 11) is -4.45. The maximum absolute atomic E-state index is 13.2. The predicted octanol–water partition coefficient (Wildman–Crippen LogP) is 0.261. The Bertz CT molecular complexity index is 1340. The molecule has 0 saturated carbocycles. The van der Waals surface area contributed by atoms with Gasteiger partial charge in [0.2, 0.25) is 0 Å². The summed E-state index contributed by atoms with van der Waals surface area (Å²) < 4.78 is 43.7. The molecule has 11 heteroatoms. The van der Waals surface area contributed by atoms with Gasteiger partial charge < -0.3 is 15.6 Å². The first kappa shape index (κ1) is 23.5. The van der Waals surface area contributed by atoms with E-state index in [9.17, 15) is 27.1 Å². The van der Waals surface area contributed by atoms with Crippen molar-refractivity contribution < 1.29 is 56.7 Å². The first-order valence-electron chi connectivity index (χ1n) is 8.51. The molecule has 31 heavy (non-hydrogen) atoms. The zero-order chi connectivity index (χ0) is 21.6. The average molecular weight is 464 g/mol. The Kier molecular flexibility index (Phi) is 6.63. The van der Waals surface area contributed by atoms with Gasteiger partial charge in [0, 0.05) is 21.7 Å². The molecule has 0 saturated heterocycles. The zero-order valence-corrected chi connectivity index (χ0v) is 19.7. The fraction of sp³-hybridized carbons (Fsp3) is 0. The molecule has 0 aliphatic heterocycles. The second kappa shape index (κ2) is 8.75. The summed E-state index contributed by atoms with van der Waals surface area (Å²) in [4.78, 5) is 25.9. The van der Waals surface area contributed by atoms with Crippen LogP contribution in [0.3, 0.4) is 0 Å². The molecule has 0 unspecified atom stereocenters. The van der Waals surface area contributed by atoms with Crippen molar-refractivity contribution in [2.45, 2.75) is 9.79 Å². The number of nitrogens with one attached hydrogen (secondary N) is 1. The molecule has 152 valence electrons. The van der Waals surface area contributed by atoms with Crippen LogP contribution in [0.1, 0.15) is 31.8 Å². The Morgan fingerprint density at radius 1 is 0.935 bits per heavy atom. The van der Waals surface area contributed by atoms with E-state index in [4.69, 9.17) is 5.73 Å². The molecule has 3 aromatic rings. The molecular formula is C20H13N2NaO6S2. The number of ketones is 2. The van der Waals surface area contributed by atoms with Gasteiger partial charge in [-0.15, -0.1) is 0 Å². The molecule has 0 atom stereocenters. The molecular weight excluding hydrogens is 451 g/mol. The molecule has 0 amide bonds. The Balaban J connectivity index is 0.00000272. The first-order valence-corrected chi connectivity index (χ1v) is 10.7. The normalized spacial score (nSPS) is 12.6. The fourth-order valence-corrected chi connectivity index (χ4v) is 4.24. The standard InChI is InChI=1S/C20H14N2O6S2.Na/c21-18-15(29-25)9-14(22-10-4-3-5-11(8-10)30(26,27)28)16-17(18)20(24)13-7-2-1-6-12(13)19(16)23;/h1-9,22,25H,21H2,(H,26,27,28);/q;+1/p-1. The minimum absolute atomic E-state index is 0. The number of fused-ring (bicyclic) bond motifs is 2. The van der Waals surface area contributed by atoms with Gasteiger partial charge in [-0.3, -0.25) is 14.1 Å². The molecule has 0 bridgehead atoms. The predicted molar refractivity (Wildman–Crippen MR) is 110 cm³/mol. The smallest absolute Gasteiger partial charge is 0.795 e. The molecule has 0 spiro atoms. The quantitative estimate of drug-likeness (QED) is 0.167. The van der Waals surface area contributed by atoms with Crippen molar-refractivity contribution in [2.75, 3.05) is 11.1 Å². The molecule has 4 rings (SSSR count). The van der Waals surface area contributed by atoms with E-state index in [0.717, 1.165) is 6.07 Å². The third-order valence-electron chi connectivity index (χ3n) is 4.70. The zero-order valence-electron chi connectivity index (χ0n) is 16.1. The van der Waals surface area contributed by atoms with Crippen LogP contribution in [-0.2, 0) is 10.1 Å². The molecule has 1 aliphatic rings. The van der Waals surface area contributed by atoms with Crippen LogP contribution in [0, 0.1) is 0 Å². The Morgan fingerprint density at radius 3 is 2.13 bits per heavy atom. The maximum Gasteiger partial charge on any atom is 1.00 e. The van der Waals surface area contributed by atoms with Gasteiger partial charge in [-0.2, -0.15) is 8.42 Å². The van der Waals surface area contributed by atoms with E-state index < -0.39 is 21.7 Å². The second-order valence-corrected chi connectivity index (χ2v) is 8.53. The fourth-order valence-electron chi connectivity index (χ4n) is 3.35. The van der Waals surface area contributed by atoms with Crippen molar-refractivity contribution in [2.24, 2.45) is 0 Å². The number of rotatable bonds is 4. The number of benzene rings is 3. The molecule has 3 aromatic carbocycles. The summed E-state index contributed by atoms with van der Waals surface area (Å²) in [5, 5.41) is 2.87. The third-order valence-corrected chi connectivity index (χ3v) is 6.07.